The van der Waals surface area contributed by atoms with Crippen molar-refractivity contribution >= 4 is 17.7 Å². The second-order valence-electron chi connectivity index (χ2n) is 7.76. The maximum Gasteiger partial charge on any atom is 0.410 e. The first-order chi connectivity index (χ1) is 12.5. The van der Waals surface area contributed by atoms with Crippen LogP contribution in [0.5, 0.6) is 0 Å². The molecular weight excluding hydrogens is 332 g/mol. The van der Waals surface area contributed by atoms with Gasteiger partial charge in [0.1, 0.15) is 6.10 Å². The van der Waals surface area contributed by atoms with Crippen LogP contribution in [0.25, 0.3) is 0 Å². The van der Waals surface area contributed by atoms with Gasteiger partial charge in [-0.25, -0.2) is 4.79 Å². The van der Waals surface area contributed by atoms with E-state index in [0.29, 0.717) is 32.8 Å². The lowest BCUT2D eigenvalue weighted by Crippen LogP contribution is -2.48. The molecule has 2 saturated heterocycles. The fourth-order valence-corrected chi connectivity index (χ4v) is 4.43. The van der Waals surface area contributed by atoms with Gasteiger partial charge in [0, 0.05) is 44.1 Å². The summed E-state index contributed by atoms with van der Waals surface area (Å²) in [7, 11) is 0. The Bertz CT molecular complexity index is 719. The third-order valence-electron chi connectivity index (χ3n) is 5.99. The van der Waals surface area contributed by atoms with Crippen LogP contribution in [0.15, 0.2) is 18.2 Å². The third-order valence-corrected chi connectivity index (χ3v) is 5.99. The quantitative estimate of drug-likeness (QED) is 0.774. The normalized spacial score (nSPS) is 24.0. The summed E-state index contributed by atoms with van der Waals surface area (Å²) in [4.78, 5) is 28.2. The number of amides is 2. The number of fused-ring (bicyclic) bond motifs is 2. The molecule has 2 fully saturated rings. The first kappa shape index (κ1) is 17.3. The summed E-state index contributed by atoms with van der Waals surface area (Å²) in [5, 5.41) is 0. The molecule has 140 valence electrons. The van der Waals surface area contributed by atoms with Gasteiger partial charge in [0.05, 0.1) is 13.2 Å². The number of benzene rings is 1. The summed E-state index contributed by atoms with van der Waals surface area (Å²) in [5.74, 6) is 0.0788. The molecule has 26 heavy (non-hydrogen) atoms. The number of rotatable bonds is 1. The Balaban J connectivity index is 1.49. The molecule has 1 spiro atoms. The van der Waals surface area contributed by atoms with E-state index in [1.165, 1.54) is 11.1 Å². The fraction of sp³-hybridized carbons (Fsp3) is 0.600. The van der Waals surface area contributed by atoms with E-state index in [1.807, 2.05) is 4.90 Å². The molecule has 0 unspecified atom stereocenters. The standard InChI is InChI=1S/C20H26N2O4/c1-14-3-4-18-17(11-14)20(13-22(18)15(2)23)6-8-21(9-7-20)19(24)26-16-5-10-25-12-16/h3-4,11,16H,5-10,12-13H2,1-2H3/t16-/m1/s1. The highest BCUT2D eigenvalue weighted by molar-refractivity contribution is 5.94. The minimum absolute atomic E-state index is 0.0553. The van der Waals surface area contributed by atoms with Crippen LogP contribution in [0.3, 0.4) is 0 Å². The highest BCUT2D eigenvalue weighted by atomic mass is 16.6. The number of likely N-dealkylation sites (tertiary alicyclic amines) is 1. The van der Waals surface area contributed by atoms with Gasteiger partial charge in [-0.3, -0.25) is 4.79 Å². The van der Waals surface area contributed by atoms with E-state index in [9.17, 15) is 9.59 Å². The molecule has 0 radical (unpaired) electrons. The van der Waals surface area contributed by atoms with E-state index in [0.717, 1.165) is 24.9 Å². The summed E-state index contributed by atoms with van der Waals surface area (Å²) in [6, 6.07) is 6.33. The topological polar surface area (TPSA) is 59.1 Å². The number of ether oxygens (including phenoxy) is 2. The number of hydrogen-bond acceptors (Lipinski definition) is 4. The second-order valence-corrected chi connectivity index (χ2v) is 7.76. The van der Waals surface area contributed by atoms with Gasteiger partial charge < -0.3 is 19.3 Å². The first-order valence-corrected chi connectivity index (χ1v) is 9.41. The average molecular weight is 358 g/mol. The van der Waals surface area contributed by atoms with E-state index in [2.05, 4.69) is 25.1 Å². The minimum Gasteiger partial charge on any atom is -0.444 e. The average Bonchev–Trinajstić information content (AvgIpc) is 3.23. The van der Waals surface area contributed by atoms with Crippen molar-refractivity contribution in [2.75, 3.05) is 37.7 Å². The molecule has 4 rings (SSSR count). The third kappa shape index (κ3) is 2.96. The highest BCUT2D eigenvalue weighted by Gasteiger charge is 2.46. The Morgan fingerprint density at radius 2 is 2.04 bits per heavy atom. The van der Waals surface area contributed by atoms with Crippen LogP contribution < -0.4 is 4.90 Å². The van der Waals surface area contributed by atoms with Gasteiger partial charge in [0.25, 0.3) is 0 Å². The van der Waals surface area contributed by atoms with E-state index in [-0.39, 0.29) is 23.5 Å². The number of anilines is 1. The van der Waals surface area contributed by atoms with Crippen LogP contribution in [-0.4, -0.2) is 55.9 Å². The molecule has 3 heterocycles. The van der Waals surface area contributed by atoms with Gasteiger partial charge >= 0.3 is 6.09 Å². The second kappa shape index (κ2) is 6.58. The summed E-state index contributed by atoms with van der Waals surface area (Å²) in [5.41, 5.74) is 3.43. The van der Waals surface area contributed by atoms with Crippen LogP contribution in [0.2, 0.25) is 0 Å². The fourth-order valence-electron chi connectivity index (χ4n) is 4.43. The van der Waals surface area contributed by atoms with Crippen LogP contribution in [0.1, 0.15) is 37.3 Å². The predicted molar refractivity (Wildman–Crippen MR) is 97.4 cm³/mol. The number of hydrogen-bond donors (Lipinski definition) is 0. The summed E-state index contributed by atoms with van der Waals surface area (Å²) < 4.78 is 10.8. The molecule has 3 aliphatic heterocycles. The number of carbonyl (C=O) groups excluding carboxylic acids is 2. The van der Waals surface area contributed by atoms with Crippen molar-refractivity contribution in [2.45, 2.75) is 44.6 Å². The van der Waals surface area contributed by atoms with Crippen molar-refractivity contribution < 1.29 is 19.1 Å². The zero-order chi connectivity index (χ0) is 18.3. The zero-order valence-electron chi connectivity index (χ0n) is 15.5. The Labute approximate surface area is 154 Å². The Morgan fingerprint density at radius 3 is 2.69 bits per heavy atom. The van der Waals surface area contributed by atoms with Crippen molar-refractivity contribution in [3.05, 3.63) is 29.3 Å². The van der Waals surface area contributed by atoms with Crippen LogP contribution in [-0.2, 0) is 19.7 Å². The van der Waals surface area contributed by atoms with Gasteiger partial charge in [-0.05, 0) is 31.4 Å². The number of nitrogens with zero attached hydrogens (tertiary/aromatic N) is 2. The molecule has 0 bridgehead atoms. The molecule has 3 aliphatic rings. The number of aryl methyl sites for hydroxylation is 1. The van der Waals surface area contributed by atoms with Gasteiger partial charge in [-0.1, -0.05) is 17.7 Å². The van der Waals surface area contributed by atoms with Crippen molar-refractivity contribution in [1.29, 1.82) is 0 Å². The zero-order valence-corrected chi connectivity index (χ0v) is 15.5. The van der Waals surface area contributed by atoms with Gasteiger partial charge in [0.15, 0.2) is 0 Å². The molecule has 0 saturated carbocycles. The van der Waals surface area contributed by atoms with Crippen LogP contribution in [0.4, 0.5) is 10.5 Å². The lowest BCUT2D eigenvalue weighted by Gasteiger charge is -2.39. The molecule has 6 heteroatoms. The molecule has 0 aromatic heterocycles. The maximum atomic E-state index is 12.4. The van der Waals surface area contributed by atoms with Crippen molar-refractivity contribution in [3.8, 4) is 0 Å². The number of piperidine rings is 1. The minimum atomic E-state index is -0.235. The molecule has 1 aromatic rings. The predicted octanol–water partition coefficient (Wildman–Crippen LogP) is 2.62. The lowest BCUT2D eigenvalue weighted by atomic mass is 9.74. The maximum absolute atomic E-state index is 12.4. The van der Waals surface area contributed by atoms with Gasteiger partial charge in [0.2, 0.25) is 5.91 Å². The molecule has 2 amide bonds. The molecule has 1 atom stereocenters. The smallest absolute Gasteiger partial charge is 0.410 e. The van der Waals surface area contributed by atoms with Gasteiger partial charge in [-0.15, -0.1) is 0 Å². The molecule has 6 nitrogen and oxygen atoms in total. The summed E-state index contributed by atoms with van der Waals surface area (Å²) >= 11 is 0. The highest BCUT2D eigenvalue weighted by Crippen LogP contribution is 2.47. The number of carbonyl (C=O) groups is 2. The summed E-state index contributed by atoms with van der Waals surface area (Å²) in [6.45, 7) is 6.90. The first-order valence-electron chi connectivity index (χ1n) is 9.41. The SMILES string of the molecule is CC(=O)N1CC2(CCN(C(=O)O[C@@H]3CCOC3)CC2)c2cc(C)ccc21. The molecular formula is C20H26N2O4. The van der Waals surface area contributed by atoms with E-state index >= 15 is 0 Å². The lowest BCUT2D eigenvalue weighted by molar-refractivity contribution is -0.116. The Kier molecular flexibility index (Phi) is 4.39. The van der Waals surface area contributed by atoms with E-state index in [4.69, 9.17) is 9.47 Å². The summed E-state index contributed by atoms with van der Waals surface area (Å²) in [6.07, 6.45) is 2.14. The van der Waals surface area contributed by atoms with Crippen molar-refractivity contribution in [3.63, 3.8) is 0 Å². The monoisotopic (exact) mass is 358 g/mol. The molecule has 1 aromatic carbocycles. The molecule has 0 N–H and O–H groups in total. The van der Waals surface area contributed by atoms with Gasteiger partial charge in [-0.2, -0.15) is 0 Å². The van der Waals surface area contributed by atoms with Crippen molar-refractivity contribution in [1.82, 2.24) is 4.90 Å². The Hall–Kier alpha value is -2.08. The largest absolute Gasteiger partial charge is 0.444 e. The van der Waals surface area contributed by atoms with E-state index in [1.54, 1.807) is 11.8 Å². The molecule has 0 aliphatic carbocycles. The Morgan fingerprint density at radius 1 is 1.27 bits per heavy atom. The van der Waals surface area contributed by atoms with E-state index < -0.39 is 0 Å². The van der Waals surface area contributed by atoms with Crippen LogP contribution in [0, 0.1) is 6.92 Å². The van der Waals surface area contributed by atoms with Crippen molar-refractivity contribution in [2.24, 2.45) is 0 Å². The van der Waals surface area contributed by atoms with Crippen LogP contribution >= 0.6 is 0 Å².